The molecule has 1 saturated carbocycles. The topological polar surface area (TPSA) is 65.0 Å². The van der Waals surface area contributed by atoms with E-state index in [0.717, 1.165) is 19.0 Å². The molecule has 2 fully saturated rings. The lowest BCUT2D eigenvalue weighted by Crippen LogP contribution is -2.57. The van der Waals surface area contributed by atoms with Gasteiger partial charge in [-0.3, -0.25) is 4.99 Å². The van der Waals surface area contributed by atoms with Gasteiger partial charge in [0.2, 0.25) is 0 Å². The fraction of sp³-hybridized carbons (Fsp3) is 0.947. The quantitative estimate of drug-likeness (QED) is 0.578. The summed E-state index contributed by atoms with van der Waals surface area (Å²) in [5.41, 5.74) is 0. The number of guanidine groups is 1. The average molecular weight is 387 g/mol. The lowest BCUT2D eigenvalue weighted by atomic mass is 9.83. The standard InChI is InChI=1S/C19H38N4O2S/c1-6-20-18(23-12-13-26(24,25)19(2,3)15-23)21-14-17(22(4)5)16-10-8-7-9-11-16/h16-17H,6-15H2,1-5H3,(H,20,21). The van der Waals surface area contributed by atoms with Crippen LogP contribution in [0.25, 0.3) is 0 Å². The SMILES string of the molecule is CCNC(=NCC(C1CCCCC1)N(C)C)N1CCS(=O)(=O)C(C)(C)C1. The van der Waals surface area contributed by atoms with Gasteiger partial charge in [0.25, 0.3) is 0 Å². The van der Waals surface area contributed by atoms with Crippen molar-refractivity contribution in [3.8, 4) is 0 Å². The van der Waals surface area contributed by atoms with Gasteiger partial charge in [0.15, 0.2) is 15.8 Å². The van der Waals surface area contributed by atoms with E-state index in [1.165, 1.54) is 32.1 Å². The van der Waals surface area contributed by atoms with Crippen LogP contribution in [0.1, 0.15) is 52.9 Å². The molecule has 1 N–H and O–H groups in total. The minimum atomic E-state index is -3.04. The highest BCUT2D eigenvalue weighted by Crippen LogP contribution is 2.29. The summed E-state index contributed by atoms with van der Waals surface area (Å²) >= 11 is 0. The summed E-state index contributed by atoms with van der Waals surface area (Å²) < 4.78 is 23.9. The molecule has 0 spiro atoms. The van der Waals surface area contributed by atoms with E-state index in [4.69, 9.17) is 4.99 Å². The molecule has 1 saturated heterocycles. The van der Waals surface area contributed by atoms with Gasteiger partial charge in [-0.05, 0) is 53.6 Å². The fourth-order valence-electron chi connectivity index (χ4n) is 4.18. The summed E-state index contributed by atoms with van der Waals surface area (Å²) in [5.74, 6) is 1.77. The highest BCUT2D eigenvalue weighted by atomic mass is 32.2. The van der Waals surface area contributed by atoms with Crippen molar-refractivity contribution in [1.29, 1.82) is 0 Å². The highest BCUT2D eigenvalue weighted by molar-refractivity contribution is 7.92. The second kappa shape index (κ2) is 8.91. The van der Waals surface area contributed by atoms with E-state index < -0.39 is 14.6 Å². The molecule has 6 nitrogen and oxygen atoms in total. The average Bonchev–Trinajstić information content (AvgIpc) is 2.57. The van der Waals surface area contributed by atoms with Crippen molar-refractivity contribution in [2.75, 3.05) is 46.0 Å². The zero-order valence-electron chi connectivity index (χ0n) is 17.3. The maximum atomic E-state index is 12.3. The van der Waals surface area contributed by atoms with Crippen molar-refractivity contribution >= 4 is 15.8 Å². The van der Waals surface area contributed by atoms with E-state index in [0.29, 0.717) is 25.0 Å². The second-order valence-electron chi connectivity index (χ2n) is 8.62. The van der Waals surface area contributed by atoms with E-state index in [9.17, 15) is 8.42 Å². The molecule has 0 radical (unpaired) electrons. The van der Waals surface area contributed by atoms with Crippen molar-refractivity contribution in [3.05, 3.63) is 0 Å². The third-order valence-electron chi connectivity index (χ3n) is 5.96. The first kappa shape index (κ1) is 21.5. The Morgan fingerprint density at radius 1 is 1.27 bits per heavy atom. The van der Waals surface area contributed by atoms with Crippen molar-refractivity contribution in [2.45, 2.75) is 63.7 Å². The number of hydrogen-bond donors (Lipinski definition) is 1. The number of hydrogen-bond acceptors (Lipinski definition) is 4. The van der Waals surface area contributed by atoms with E-state index >= 15 is 0 Å². The van der Waals surface area contributed by atoms with E-state index in [2.05, 4.69) is 36.1 Å². The van der Waals surface area contributed by atoms with Gasteiger partial charge < -0.3 is 15.1 Å². The summed E-state index contributed by atoms with van der Waals surface area (Å²) in [5, 5.41) is 3.38. The van der Waals surface area contributed by atoms with Gasteiger partial charge in [0.05, 0.1) is 17.0 Å². The minimum absolute atomic E-state index is 0.199. The number of likely N-dealkylation sites (N-methyl/N-ethyl adjacent to an activating group) is 1. The summed E-state index contributed by atoms with van der Waals surface area (Å²) in [6.07, 6.45) is 6.61. The maximum absolute atomic E-state index is 12.3. The van der Waals surface area contributed by atoms with Crippen molar-refractivity contribution in [3.63, 3.8) is 0 Å². The summed E-state index contributed by atoms with van der Waals surface area (Å²) in [6, 6.07) is 0.450. The van der Waals surface area contributed by atoms with E-state index in [-0.39, 0.29) is 5.75 Å². The third-order valence-corrected chi connectivity index (χ3v) is 8.50. The Labute approximate surface area is 160 Å². The Morgan fingerprint density at radius 3 is 2.46 bits per heavy atom. The second-order valence-corrected chi connectivity index (χ2v) is 11.4. The Kier molecular flexibility index (Phi) is 7.36. The Morgan fingerprint density at radius 2 is 1.92 bits per heavy atom. The van der Waals surface area contributed by atoms with Gasteiger partial charge in [-0.1, -0.05) is 19.3 Å². The predicted octanol–water partition coefficient (Wildman–Crippen LogP) is 1.97. The minimum Gasteiger partial charge on any atom is -0.357 e. The monoisotopic (exact) mass is 386 g/mol. The molecule has 2 aliphatic rings. The number of aliphatic imine (C=N–C) groups is 1. The smallest absolute Gasteiger partial charge is 0.194 e. The number of sulfone groups is 1. The molecule has 1 aliphatic heterocycles. The first-order chi connectivity index (χ1) is 12.2. The van der Waals surface area contributed by atoms with Crippen LogP contribution >= 0.6 is 0 Å². The van der Waals surface area contributed by atoms with Crippen LogP contribution in [0.2, 0.25) is 0 Å². The van der Waals surface area contributed by atoms with Crippen LogP contribution in [-0.2, 0) is 9.84 Å². The zero-order chi connectivity index (χ0) is 19.4. The molecule has 2 rings (SSSR count). The number of nitrogens with one attached hydrogen (secondary N) is 1. The zero-order valence-corrected chi connectivity index (χ0v) is 18.1. The summed E-state index contributed by atoms with van der Waals surface area (Å²) in [6.45, 7) is 8.28. The van der Waals surface area contributed by atoms with Gasteiger partial charge in [0, 0.05) is 25.7 Å². The molecule has 0 aromatic carbocycles. The van der Waals surface area contributed by atoms with Crippen molar-refractivity contribution in [1.82, 2.24) is 15.1 Å². The van der Waals surface area contributed by atoms with Crippen LogP contribution < -0.4 is 5.32 Å². The predicted molar refractivity (Wildman–Crippen MR) is 109 cm³/mol. The Bertz CT molecular complexity index is 580. The fourth-order valence-corrected chi connectivity index (χ4v) is 5.55. The Balaban J connectivity index is 2.12. The largest absolute Gasteiger partial charge is 0.357 e. The molecule has 7 heteroatoms. The number of nitrogens with zero attached hydrogens (tertiary/aromatic N) is 3. The molecular weight excluding hydrogens is 348 g/mol. The molecule has 1 aliphatic carbocycles. The van der Waals surface area contributed by atoms with Crippen LogP contribution in [0.4, 0.5) is 0 Å². The highest BCUT2D eigenvalue weighted by Gasteiger charge is 2.41. The molecule has 1 unspecified atom stereocenters. The molecule has 152 valence electrons. The van der Waals surface area contributed by atoms with Crippen LogP contribution in [0.3, 0.4) is 0 Å². The Hall–Kier alpha value is -0.820. The molecule has 0 bridgehead atoms. The van der Waals surface area contributed by atoms with E-state index in [1.807, 2.05) is 13.8 Å². The van der Waals surface area contributed by atoms with Crippen LogP contribution in [0, 0.1) is 5.92 Å². The first-order valence-electron chi connectivity index (χ1n) is 10.1. The van der Waals surface area contributed by atoms with Crippen LogP contribution in [0.5, 0.6) is 0 Å². The van der Waals surface area contributed by atoms with Gasteiger partial charge in [0.1, 0.15) is 0 Å². The molecule has 0 aromatic rings. The van der Waals surface area contributed by atoms with Gasteiger partial charge in [-0.2, -0.15) is 0 Å². The van der Waals surface area contributed by atoms with Gasteiger partial charge in [-0.15, -0.1) is 0 Å². The van der Waals surface area contributed by atoms with Gasteiger partial charge >= 0.3 is 0 Å². The molecule has 0 aromatic heterocycles. The van der Waals surface area contributed by atoms with Crippen LogP contribution in [0.15, 0.2) is 4.99 Å². The number of rotatable bonds is 5. The third kappa shape index (κ3) is 5.12. The normalized spacial score (nSPS) is 25.3. The lowest BCUT2D eigenvalue weighted by Gasteiger charge is -2.39. The van der Waals surface area contributed by atoms with Crippen molar-refractivity contribution < 1.29 is 8.42 Å². The molecule has 1 heterocycles. The maximum Gasteiger partial charge on any atom is 0.194 e. The summed E-state index contributed by atoms with van der Waals surface area (Å²) in [7, 11) is 1.27. The van der Waals surface area contributed by atoms with Gasteiger partial charge in [-0.25, -0.2) is 8.42 Å². The van der Waals surface area contributed by atoms with Crippen LogP contribution in [-0.4, -0.2) is 81.0 Å². The summed E-state index contributed by atoms with van der Waals surface area (Å²) in [4.78, 5) is 9.38. The molecular formula is C19H38N4O2S. The molecule has 26 heavy (non-hydrogen) atoms. The molecule has 1 atom stereocenters. The first-order valence-corrected chi connectivity index (χ1v) is 11.7. The van der Waals surface area contributed by atoms with Crippen molar-refractivity contribution in [2.24, 2.45) is 10.9 Å². The van der Waals surface area contributed by atoms with E-state index in [1.54, 1.807) is 0 Å². The molecule has 0 amide bonds. The lowest BCUT2D eigenvalue weighted by molar-refractivity contribution is 0.175.